The molecule has 1 fully saturated rings. The van der Waals surface area contributed by atoms with E-state index in [0.29, 0.717) is 30.6 Å². The van der Waals surface area contributed by atoms with Crippen LogP contribution in [-0.4, -0.2) is 63.3 Å². The van der Waals surface area contributed by atoms with E-state index >= 15 is 0 Å². The van der Waals surface area contributed by atoms with Gasteiger partial charge in [0.2, 0.25) is 10.0 Å². The van der Waals surface area contributed by atoms with Crippen molar-refractivity contribution < 1.29 is 13.2 Å². The van der Waals surface area contributed by atoms with E-state index in [9.17, 15) is 8.42 Å². The molecule has 10 heteroatoms. The van der Waals surface area contributed by atoms with Crippen molar-refractivity contribution in [1.82, 2.24) is 14.9 Å². The lowest BCUT2D eigenvalue weighted by Gasteiger charge is -2.34. The summed E-state index contributed by atoms with van der Waals surface area (Å²) >= 11 is 6.13. The van der Waals surface area contributed by atoms with Crippen molar-refractivity contribution in [3.8, 4) is 0 Å². The molecule has 1 aliphatic rings. The summed E-state index contributed by atoms with van der Waals surface area (Å²) in [6.07, 6.45) is -0.182. The summed E-state index contributed by atoms with van der Waals surface area (Å²) in [5, 5.41) is 6.84. The van der Waals surface area contributed by atoms with E-state index in [0.717, 1.165) is 5.56 Å². The average Bonchev–Trinajstić information content (AvgIpc) is 2.58. The fraction of sp³-hybridized carbons (Fsp3) is 0.588. The third-order valence-corrected chi connectivity index (χ3v) is 6.23. The van der Waals surface area contributed by atoms with Crippen molar-refractivity contribution in [2.75, 3.05) is 32.4 Å². The summed E-state index contributed by atoms with van der Waals surface area (Å²) in [6.45, 7) is 5.33. The Morgan fingerprint density at radius 2 is 1.89 bits per heavy atom. The highest BCUT2D eigenvalue weighted by Crippen LogP contribution is 2.15. The SMILES string of the molecule is CN=C(NCCS(=O)(=O)N1CC(C)OC(C)C1)NCc1ccccc1Cl.I. The first-order valence-corrected chi connectivity index (χ1v) is 10.6. The van der Waals surface area contributed by atoms with Crippen LogP contribution in [-0.2, 0) is 21.3 Å². The molecule has 0 aliphatic carbocycles. The average molecular weight is 531 g/mol. The van der Waals surface area contributed by atoms with Crippen molar-refractivity contribution in [3.63, 3.8) is 0 Å². The minimum Gasteiger partial charge on any atom is -0.373 e. The first-order valence-electron chi connectivity index (χ1n) is 8.63. The number of morpholine rings is 1. The molecule has 2 N–H and O–H groups in total. The molecule has 1 saturated heterocycles. The van der Waals surface area contributed by atoms with E-state index in [2.05, 4.69) is 15.6 Å². The van der Waals surface area contributed by atoms with Gasteiger partial charge in [-0.2, -0.15) is 4.31 Å². The molecule has 0 bridgehead atoms. The minimum atomic E-state index is -3.34. The Balaban J connectivity index is 0.00000364. The van der Waals surface area contributed by atoms with Gasteiger partial charge in [0.25, 0.3) is 0 Å². The van der Waals surface area contributed by atoms with Gasteiger partial charge in [-0.05, 0) is 25.5 Å². The quantitative estimate of drug-likeness (QED) is 0.334. The van der Waals surface area contributed by atoms with Crippen LogP contribution >= 0.6 is 35.6 Å². The lowest BCUT2D eigenvalue weighted by molar-refractivity contribution is -0.0440. The van der Waals surface area contributed by atoms with Gasteiger partial charge >= 0.3 is 0 Å². The van der Waals surface area contributed by atoms with E-state index in [1.165, 1.54) is 4.31 Å². The Morgan fingerprint density at radius 3 is 2.48 bits per heavy atom. The number of aliphatic imine (C=N–C) groups is 1. The van der Waals surface area contributed by atoms with Crippen LogP contribution in [0.2, 0.25) is 5.02 Å². The fourth-order valence-corrected chi connectivity index (χ4v) is 4.52. The molecule has 2 atom stereocenters. The largest absolute Gasteiger partial charge is 0.373 e. The van der Waals surface area contributed by atoms with Crippen LogP contribution in [0.1, 0.15) is 19.4 Å². The first kappa shape index (κ1) is 24.4. The number of ether oxygens (including phenoxy) is 1. The van der Waals surface area contributed by atoms with Crippen LogP contribution in [0.25, 0.3) is 0 Å². The molecule has 1 heterocycles. The van der Waals surface area contributed by atoms with Crippen molar-refractivity contribution >= 4 is 51.6 Å². The number of benzene rings is 1. The maximum Gasteiger partial charge on any atom is 0.216 e. The van der Waals surface area contributed by atoms with Crippen molar-refractivity contribution in [2.45, 2.75) is 32.6 Å². The number of hydrogen-bond donors (Lipinski definition) is 2. The molecule has 0 saturated carbocycles. The highest BCUT2D eigenvalue weighted by Gasteiger charge is 2.30. The lowest BCUT2D eigenvalue weighted by atomic mass is 10.2. The van der Waals surface area contributed by atoms with E-state index < -0.39 is 10.0 Å². The Kier molecular flexibility index (Phi) is 10.3. The van der Waals surface area contributed by atoms with Crippen LogP contribution < -0.4 is 10.6 Å². The van der Waals surface area contributed by atoms with Gasteiger partial charge < -0.3 is 15.4 Å². The van der Waals surface area contributed by atoms with Crippen LogP contribution in [0.5, 0.6) is 0 Å². The molecule has 1 aromatic carbocycles. The van der Waals surface area contributed by atoms with Crippen LogP contribution in [0.4, 0.5) is 0 Å². The zero-order valence-electron chi connectivity index (χ0n) is 15.8. The van der Waals surface area contributed by atoms with E-state index in [-0.39, 0.29) is 48.5 Å². The molecule has 2 rings (SSSR count). The predicted molar refractivity (Wildman–Crippen MR) is 120 cm³/mol. The molecule has 7 nitrogen and oxygen atoms in total. The van der Waals surface area contributed by atoms with Crippen LogP contribution in [0.15, 0.2) is 29.3 Å². The van der Waals surface area contributed by atoms with Gasteiger partial charge in [0.05, 0.1) is 18.0 Å². The first-order chi connectivity index (χ1) is 12.3. The summed E-state index contributed by atoms with van der Waals surface area (Å²) in [6, 6.07) is 7.53. The molecule has 0 spiro atoms. The molecule has 0 amide bonds. The summed E-state index contributed by atoms with van der Waals surface area (Å²) in [7, 11) is -1.70. The summed E-state index contributed by atoms with van der Waals surface area (Å²) in [5.41, 5.74) is 0.945. The van der Waals surface area contributed by atoms with Crippen LogP contribution in [0, 0.1) is 0 Å². The number of guanidine groups is 1. The third kappa shape index (κ3) is 7.72. The molecule has 154 valence electrons. The molecular formula is C17H28ClIN4O3S. The summed E-state index contributed by atoms with van der Waals surface area (Å²) in [4.78, 5) is 4.11. The number of nitrogens with zero attached hydrogens (tertiary/aromatic N) is 2. The molecule has 0 aromatic heterocycles. The second kappa shape index (κ2) is 11.4. The third-order valence-electron chi connectivity index (χ3n) is 4.06. The topological polar surface area (TPSA) is 83.0 Å². The number of rotatable bonds is 6. The number of hydrogen-bond acceptors (Lipinski definition) is 4. The lowest BCUT2D eigenvalue weighted by Crippen LogP contribution is -2.50. The second-order valence-electron chi connectivity index (χ2n) is 6.33. The van der Waals surface area contributed by atoms with Gasteiger partial charge in [-0.25, -0.2) is 8.42 Å². The Bertz CT molecular complexity index is 723. The van der Waals surface area contributed by atoms with E-state index in [4.69, 9.17) is 16.3 Å². The highest BCUT2D eigenvalue weighted by molar-refractivity contribution is 14.0. The van der Waals surface area contributed by atoms with Gasteiger partial charge in [-0.1, -0.05) is 29.8 Å². The molecule has 27 heavy (non-hydrogen) atoms. The molecular weight excluding hydrogens is 503 g/mol. The summed E-state index contributed by atoms with van der Waals surface area (Å²) in [5.74, 6) is 0.531. The smallest absolute Gasteiger partial charge is 0.216 e. The van der Waals surface area contributed by atoms with Gasteiger partial charge in [-0.3, -0.25) is 4.99 Å². The fourth-order valence-electron chi connectivity index (χ4n) is 2.83. The van der Waals surface area contributed by atoms with E-state index in [1.807, 2.05) is 38.1 Å². The van der Waals surface area contributed by atoms with Crippen molar-refractivity contribution in [2.24, 2.45) is 4.99 Å². The zero-order chi connectivity index (χ0) is 19.2. The maximum absolute atomic E-state index is 12.5. The predicted octanol–water partition coefficient (Wildman–Crippen LogP) is 2.06. The molecule has 1 aromatic rings. The standard InChI is InChI=1S/C17H27ClN4O3S.HI/c1-13-11-22(12-14(2)25-13)26(23,24)9-8-20-17(19-3)21-10-15-6-4-5-7-16(15)18;/h4-7,13-14H,8-12H2,1-3H3,(H2,19,20,21);1H. The molecule has 0 radical (unpaired) electrons. The monoisotopic (exact) mass is 530 g/mol. The van der Waals surface area contributed by atoms with Crippen molar-refractivity contribution in [1.29, 1.82) is 0 Å². The normalized spacial score (nSPS) is 21.4. The van der Waals surface area contributed by atoms with E-state index in [1.54, 1.807) is 7.05 Å². The van der Waals surface area contributed by atoms with Crippen molar-refractivity contribution in [3.05, 3.63) is 34.9 Å². The van der Waals surface area contributed by atoms with Gasteiger partial charge in [0.1, 0.15) is 0 Å². The second-order valence-corrected chi connectivity index (χ2v) is 8.83. The number of nitrogens with one attached hydrogen (secondary N) is 2. The minimum absolute atomic E-state index is 0. The maximum atomic E-state index is 12.5. The number of halogens is 2. The molecule has 2 unspecified atom stereocenters. The van der Waals surface area contributed by atoms with Gasteiger partial charge in [0, 0.05) is 38.2 Å². The summed E-state index contributed by atoms with van der Waals surface area (Å²) < 4.78 is 32.1. The Morgan fingerprint density at radius 1 is 1.26 bits per heavy atom. The Hall–Kier alpha value is -0.620. The van der Waals surface area contributed by atoms with Gasteiger partial charge in [-0.15, -0.1) is 24.0 Å². The van der Waals surface area contributed by atoms with Crippen LogP contribution in [0.3, 0.4) is 0 Å². The molecule has 1 aliphatic heterocycles. The zero-order valence-corrected chi connectivity index (χ0v) is 19.7. The number of sulfonamides is 1. The van der Waals surface area contributed by atoms with Gasteiger partial charge in [0.15, 0.2) is 5.96 Å². The highest BCUT2D eigenvalue weighted by atomic mass is 127. The Labute approximate surface area is 184 Å².